The third-order valence-corrected chi connectivity index (χ3v) is 9.71. The summed E-state index contributed by atoms with van der Waals surface area (Å²) in [6, 6.07) is 45.0. The Hall–Kier alpha value is -5.28. The Kier molecular flexibility index (Phi) is 6.09. The third-order valence-electron chi connectivity index (χ3n) is 9.71. The van der Waals surface area contributed by atoms with Crippen LogP contribution in [-0.4, -0.2) is 0 Å². The zero-order valence-electron chi connectivity index (χ0n) is 25.1. The maximum Gasteiger partial charge on any atom is 0.0504 e. The maximum absolute atomic E-state index is 7.12. The van der Waals surface area contributed by atoms with E-state index in [1.165, 1.54) is 33.4 Å². The summed E-state index contributed by atoms with van der Waals surface area (Å²) in [6.07, 6.45) is 3.32. The second kappa shape index (κ2) is 10.2. The topological polar surface area (TPSA) is 50.1 Å². The number of fused-ring (bicyclic) bond motifs is 5. The Bertz CT molecular complexity index is 2060. The Morgan fingerprint density at radius 1 is 0.636 bits per heavy atom. The molecule has 0 fully saturated rings. The van der Waals surface area contributed by atoms with Gasteiger partial charge in [-0.15, -0.1) is 0 Å². The van der Waals surface area contributed by atoms with Crippen LogP contribution in [0.15, 0.2) is 127 Å². The smallest absolute Gasteiger partial charge is 0.0504 e. The number of allylic oxidation sites excluding steroid dienone is 1. The number of benzene rings is 6. The molecule has 2 aliphatic rings. The number of nitrogens with two attached hydrogens (primary N) is 1. The molecule has 1 atom stereocenters. The summed E-state index contributed by atoms with van der Waals surface area (Å²) in [7, 11) is 0. The van der Waals surface area contributed by atoms with Crippen LogP contribution in [-0.2, 0) is 11.8 Å². The number of nitrogens with one attached hydrogen (secondary N) is 2. The number of para-hydroxylation sites is 1. The molecule has 0 heterocycles. The predicted molar refractivity (Wildman–Crippen MR) is 188 cm³/mol. The highest BCUT2D eigenvalue weighted by atomic mass is 14.9. The first kappa shape index (κ1) is 26.4. The van der Waals surface area contributed by atoms with Crippen molar-refractivity contribution in [1.82, 2.24) is 0 Å². The molecule has 0 radical (unpaired) electrons. The van der Waals surface area contributed by atoms with Gasteiger partial charge in [0.05, 0.1) is 5.69 Å². The molecule has 0 saturated heterocycles. The van der Waals surface area contributed by atoms with Crippen molar-refractivity contribution in [3.63, 3.8) is 0 Å². The lowest BCUT2D eigenvalue weighted by Crippen LogP contribution is -2.27. The molecule has 0 amide bonds. The Labute approximate surface area is 259 Å². The minimum atomic E-state index is 0.0394. The van der Waals surface area contributed by atoms with Gasteiger partial charge in [-0.05, 0) is 93.6 Å². The van der Waals surface area contributed by atoms with E-state index in [1.807, 2.05) is 6.07 Å². The Balaban J connectivity index is 1.24. The van der Waals surface area contributed by atoms with E-state index in [1.54, 1.807) is 0 Å². The van der Waals surface area contributed by atoms with Gasteiger partial charge in [-0.1, -0.05) is 105 Å². The van der Waals surface area contributed by atoms with Gasteiger partial charge >= 0.3 is 0 Å². The fraction of sp³-hybridized carbons (Fsp3) is 0.122. The van der Waals surface area contributed by atoms with E-state index in [0.717, 1.165) is 51.2 Å². The van der Waals surface area contributed by atoms with E-state index < -0.39 is 0 Å². The molecule has 6 aromatic rings. The van der Waals surface area contributed by atoms with Gasteiger partial charge in [0.1, 0.15) is 0 Å². The summed E-state index contributed by atoms with van der Waals surface area (Å²) in [5, 5.41) is 9.63. The van der Waals surface area contributed by atoms with Gasteiger partial charge in [0, 0.05) is 39.1 Å². The SMILES string of the molecule is CC1(C)c2ccccc2C2=Cc3c(c(Nc4ccccc4)c4ccc(Nc5ccc(-c6ccccc6)cc5)cc4c3N)CC21. The van der Waals surface area contributed by atoms with Crippen LogP contribution in [0.5, 0.6) is 0 Å². The molecule has 8 rings (SSSR count). The molecule has 1 unspecified atom stereocenters. The summed E-state index contributed by atoms with van der Waals surface area (Å²) in [5.41, 5.74) is 21.3. The standard InChI is InChI=1S/C41H35N3/c1-41(2)37-16-10-9-15-31(37)33-24-35-36(25-38(33)41)40(44-28-13-7-4-8-14-28)32-22-21-30(23-34(32)39(35)42)43-29-19-17-27(18-20-29)26-11-5-3-6-12-26/h3-24,38,43-44H,25,42H2,1-2H3. The lowest BCUT2D eigenvalue weighted by molar-refractivity contribution is 0.410. The van der Waals surface area contributed by atoms with Crippen LogP contribution in [0.4, 0.5) is 28.4 Å². The zero-order valence-corrected chi connectivity index (χ0v) is 25.1. The molecule has 3 nitrogen and oxygen atoms in total. The second-order valence-corrected chi connectivity index (χ2v) is 12.6. The Morgan fingerprint density at radius 2 is 1.27 bits per heavy atom. The van der Waals surface area contributed by atoms with Crippen molar-refractivity contribution < 1.29 is 0 Å². The second-order valence-electron chi connectivity index (χ2n) is 12.6. The van der Waals surface area contributed by atoms with Gasteiger partial charge in [-0.25, -0.2) is 0 Å². The van der Waals surface area contributed by atoms with Gasteiger partial charge in [-0.2, -0.15) is 0 Å². The Morgan fingerprint density at radius 3 is 2.05 bits per heavy atom. The van der Waals surface area contributed by atoms with Crippen molar-refractivity contribution in [3.05, 3.63) is 150 Å². The minimum Gasteiger partial charge on any atom is -0.398 e. The first-order valence-corrected chi connectivity index (χ1v) is 15.4. The highest BCUT2D eigenvalue weighted by Crippen LogP contribution is 2.56. The molecule has 4 N–H and O–H groups in total. The summed E-state index contributed by atoms with van der Waals surface area (Å²) in [5.74, 6) is 0.389. The van der Waals surface area contributed by atoms with Crippen molar-refractivity contribution >= 4 is 50.9 Å². The number of nitrogen functional groups attached to an aromatic ring is 1. The molecular weight excluding hydrogens is 534 g/mol. The summed E-state index contributed by atoms with van der Waals surface area (Å²) in [6.45, 7) is 4.78. The van der Waals surface area contributed by atoms with Crippen LogP contribution in [0.3, 0.4) is 0 Å². The number of hydrogen-bond donors (Lipinski definition) is 3. The van der Waals surface area contributed by atoms with Crippen molar-refractivity contribution in [2.75, 3.05) is 16.4 Å². The van der Waals surface area contributed by atoms with Crippen LogP contribution in [0.25, 0.3) is 33.5 Å². The van der Waals surface area contributed by atoms with Crippen LogP contribution in [0, 0.1) is 5.92 Å². The highest BCUT2D eigenvalue weighted by Gasteiger charge is 2.45. The predicted octanol–water partition coefficient (Wildman–Crippen LogP) is 10.6. The molecule has 6 aromatic carbocycles. The third kappa shape index (κ3) is 4.27. The number of rotatable bonds is 5. The van der Waals surface area contributed by atoms with Crippen LogP contribution in [0.2, 0.25) is 0 Å². The minimum absolute atomic E-state index is 0.0394. The average Bonchev–Trinajstić information content (AvgIpc) is 3.29. The van der Waals surface area contributed by atoms with E-state index in [9.17, 15) is 0 Å². The molecule has 0 bridgehead atoms. The zero-order chi connectivity index (χ0) is 29.8. The maximum atomic E-state index is 7.12. The van der Waals surface area contributed by atoms with Crippen molar-refractivity contribution in [3.8, 4) is 11.1 Å². The van der Waals surface area contributed by atoms with Crippen LogP contribution >= 0.6 is 0 Å². The fourth-order valence-electron chi connectivity index (χ4n) is 7.36. The monoisotopic (exact) mass is 569 g/mol. The molecule has 0 aliphatic heterocycles. The van der Waals surface area contributed by atoms with Crippen LogP contribution in [0.1, 0.15) is 36.1 Å². The summed E-state index contributed by atoms with van der Waals surface area (Å²) in [4.78, 5) is 0. The van der Waals surface area contributed by atoms with Gasteiger partial charge in [0.15, 0.2) is 0 Å². The molecule has 214 valence electrons. The van der Waals surface area contributed by atoms with Gasteiger partial charge < -0.3 is 16.4 Å². The lowest BCUT2D eigenvalue weighted by Gasteiger charge is -2.34. The van der Waals surface area contributed by atoms with Crippen molar-refractivity contribution in [2.45, 2.75) is 25.7 Å². The first-order chi connectivity index (χ1) is 21.5. The lowest BCUT2D eigenvalue weighted by atomic mass is 9.71. The van der Waals surface area contributed by atoms with E-state index in [4.69, 9.17) is 5.73 Å². The first-order valence-electron chi connectivity index (χ1n) is 15.4. The molecule has 0 aromatic heterocycles. The normalized spacial score (nSPS) is 16.0. The highest BCUT2D eigenvalue weighted by molar-refractivity contribution is 6.11. The summed E-state index contributed by atoms with van der Waals surface area (Å²) < 4.78 is 0. The van der Waals surface area contributed by atoms with Crippen molar-refractivity contribution in [2.24, 2.45) is 5.92 Å². The van der Waals surface area contributed by atoms with E-state index in [-0.39, 0.29) is 5.41 Å². The molecule has 2 aliphatic carbocycles. The van der Waals surface area contributed by atoms with Gasteiger partial charge in [0.2, 0.25) is 0 Å². The van der Waals surface area contributed by atoms with E-state index in [0.29, 0.717) is 5.92 Å². The van der Waals surface area contributed by atoms with Crippen LogP contribution < -0.4 is 16.4 Å². The molecule has 44 heavy (non-hydrogen) atoms. The molecule has 0 saturated carbocycles. The van der Waals surface area contributed by atoms with E-state index >= 15 is 0 Å². The van der Waals surface area contributed by atoms with Crippen molar-refractivity contribution in [1.29, 1.82) is 0 Å². The quantitative estimate of drug-likeness (QED) is 0.143. The fourth-order valence-corrected chi connectivity index (χ4v) is 7.36. The van der Waals surface area contributed by atoms with Gasteiger partial charge in [-0.3, -0.25) is 0 Å². The van der Waals surface area contributed by atoms with Gasteiger partial charge in [0.25, 0.3) is 0 Å². The van der Waals surface area contributed by atoms with E-state index in [2.05, 4.69) is 152 Å². The summed E-state index contributed by atoms with van der Waals surface area (Å²) >= 11 is 0. The molecule has 3 heteroatoms. The molecule has 0 spiro atoms. The number of hydrogen-bond acceptors (Lipinski definition) is 3. The largest absolute Gasteiger partial charge is 0.398 e. The average molecular weight is 570 g/mol. The molecular formula is C41H35N3. The number of anilines is 5.